The predicted molar refractivity (Wildman–Crippen MR) is 69.7 cm³/mol. The molecule has 0 amide bonds. The van der Waals surface area contributed by atoms with E-state index in [0.717, 1.165) is 5.56 Å². The number of aromatic nitrogens is 2. The summed E-state index contributed by atoms with van der Waals surface area (Å²) in [6, 6.07) is 11.1. The summed E-state index contributed by atoms with van der Waals surface area (Å²) in [6.07, 6.45) is 0.995. The minimum absolute atomic E-state index is 0.328. The van der Waals surface area contributed by atoms with Gasteiger partial charge in [-0.3, -0.25) is 5.43 Å². The van der Waals surface area contributed by atoms with Gasteiger partial charge in [0.15, 0.2) is 0 Å². The highest BCUT2D eigenvalue weighted by atomic mass is 16.3. The highest BCUT2D eigenvalue weighted by Gasteiger charge is 2.06. The Morgan fingerprint density at radius 3 is 2.72 bits per heavy atom. The number of rotatable bonds is 5. The van der Waals surface area contributed by atoms with Crippen molar-refractivity contribution in [1.82, 2.24) is 9.97 Å². The van der Waals surface area contributed by atoms with Gasteiger partial charge in [0.2, 0.25) is 5.95 Å². The first-order valence-corrected chi connectivity index (χ1v) is 5.56. The standard InChI is InChI=1S/C12H15N5O/c13-17-12-14-7-6-11(16-12)15-8-10(18)9-4-2-1-3-5-9/h1-7,10,18H,8,13H2,(H2,14,15,16,17). The molecule has 0 saturated heterocycles. The largest absolute Gasteiger partial charge is 0.387 e. The third kappa shape index (κ3) is 3.16. The van der Waals surface area contributed by atoms with Crippen molar-refractivity contribution in [3.63, 3.8) is 0 Å². The number of nitrogens with zero attached hydrogens (tertiary/aromatic N) is 2. The number of nitrogen functional groups attached to an aromatic ring is 1. The monoisotopic (exact) mass is 245 g/mol. The van der Waals surface area contributed by atoms with E-state index in [1.165, 1.54) is 0 Å². The van der Waals surface area contributed by atoms with E-state index in [1.54, 1.807) is 12.3 Å². The maximum Gasteiger partial charge on any atom is 0.239 e. The van der Waals surface area contributed by atoms with Gasteiger partial charge in [-0.25, -0.2) is 10.8 Å². The van der Waals surface area contributed by atoms with Crippen LogP contribution in [-0.4, -0.2) is 21.6 Å². The van der Waals surface area contributed by atoms with Crippen LogP contribution in [0.25, 0.3) is 0 Å². The van der Waals surface area contributed by atoms with Crippen molar-refractivity contribution in [2.75, 3.05) is 17.3 Å². The number of benzene rings is 1. The van der Waals surface area contributed by atoms with Gasteiger partial charge in [-0.2, -0.15) is 4.98 Å². The topological polar surface area (TPSA) is 96.1 Å². The SMILES string of the molecule is NNc1nccc(NCC(O)c2ccccc2)n1. The van der Waals surface area contributed by atoms with E-state index in [2.05, 4.69) is 20.7 Å². The van der Waals surface area contributed by atoms with Gasteiger partial charge in [-0.05, 0) is 11.6 Å². The Morgan fingerprint density at radius 2 is 2.00 bits per heavy atom. The quantitative estimate of drug-likeness (QED) is 0.462. The normalized spacial score (nSPS) is 11.9. The van der Waals surface area contributed by atoms with E-state index in [4.69, 9.17) is 5.84 Å². The van der Waals surface area contributed by atoms with E-state index in [9.17, 15) is 5.11 Å². The summed E-state index contributed by atoms with van der Waals surface area (Å²) in [4.78, 5) is 7.98. The molecule has 0 fully saturated rings. The van der Waals surface area contributed by atoms with Crippen molar-refractivity contribution in [1.29, 1.82) is 0 Å². The maximum atomic E-state index is 9.96. The van der Waals surface area contributed by atoms with Crippen molar-refractivity contribution >= 4 is 11.8 Å². The number of aliphatic hydroxyl groups is 1. The van der Waals surface area contributed by atoms with Crippen molar-refractivity contribution in [3.05, 3.63) is 48.2 Å². The summed E-state index contributed by atoms with van der Waals surface area (Å²) in [7, 11) is 0. The highest BCUT2D eigenvalue weighted by Crippen LogP contribution is 2.13. The van der Waals surface area contributed by atoms with Crippen molar-refractivity contribution in [2.45, 2.75) is 6.10 Å². The second-order valence-electron chi connectivity index (χ2n) is 3.72. The first-order chi connectivity index (χ1) is 8.79. The Labute approximate surface area is 105 Å². The number of hydrogen-bond donors (Lipinski definition) is 4. The Kier molecular flexibility index (Phi) is 4.06. The molecule has 0 saturated carbocycles. The van der Waals surface area contributed by atoms with Crippen LogP contribution in [0.3, 0.4) is 0 Å². The van der Waals surface area contributed by atoms with Gasteiger partial charge >= 0.3 is 0 Å². The molecule has 6 nitrogen and oxygen atoms in total. The van der Waals surface area contributed by atoms with Gasteiger partial charge in [-0.1, -0.05) is 30.3 Å². The molecule has 1 unspecified atom stereocenters. The second kappa shape index (κ2) is 5.95. The lowest BCUT2D eigenvalue weighted by Crippen LogP contribution is -2.15. The molecule has 1 aromatic heterocycles. The number of anilines is 2. The molecule has 0 spiro atoms. The maximum absolute atomic E-state index is 9.96. The van der Waals surface area contributed by atoms with Gasteiger partial charge in [0, 0.05) is 12.7 Å². The summed E-state index contributed by atoms with van der Waals surface area (Å²) in [5.74, 6) is 6.15. The molecule has 0 aliphatic carbocycles. The van der Waals surface area contributed by atoms with Gasteiger partial charge < -0.3 is 10.4 Å². The molecule has 94 valence electrons. The molecular weight excluding hydrogens is 230 g/mol. The van der Waals surface area contributed by atoms with E-state index in [1.807, 2.05) is 30.3 Å². The van der Waals surface area contributed by atoms with Crippen molar-refractivity contribution < 1.29 is 5.11 Å². The Bertz CT molecular complexity index is 491. The van der Waals surface area contributed by atoms with Crippen LogP contribution in [0.1, 0.15) is 11.7 Å². The summed E-state index contributed by atoms with van der Waals surface area (Å²) in [6.45, 7) is 0.366. The van der Waals surface area contributed by atoms with Crippen LogP contribution in [0.2, 0.25) is 0 Å². The molecule has 2 aromatic rings. The zero-order chi connectivity index (χ0) is 12.8. The smallest absolute Gasteiger partial charge is 0.239 e. The minimum Gasteiger partial charge on any atom is -0.387 e. The van der Waals surface area contributed by atoms with Crippen molar-refractivity contribution in [2.24, 2.45) is 5.84 Å². The van der Waals surface area contributed by atoms with Crippen LogP contribution in [0, 0.1) is 0 Å². The Morgan fingerprint density at radius 1 is 1.22 bits per heavy atom. The average Bonchev–Trinajstić information content (AvgIpc) is 2.46. The highest BCUT2D eigenvalue weighted by molar-refractivity contribution is 5.39. The first-order valence-electron chi connectivity index (χ1n) is 5.56. The Hall–Kier alpha value is -2.18. The van der Waals surface area contributed by atoms with Gasteiger partial charge in [0.1, 0.15) is 5.82 Å². The molecule has 0 bridgehead atoms. The molecule has 2 rings (SSSR count). The minimum atomic E-state index is -0.588. The summed E-state index contributed by atoms with van der Waals surface area (Å²) in [5.41, 5.74) is 3.22. The Balaban J connectivity index is 1.95. The second-order valence-corrected chi connectivity index (χ2v) is 3.72. The molecule has 1 atom stereocenters. The molecule has 0 aliphatic heterocycles. The van der Waals surface area contributed by atoms with Gasteiger partial charge in [-0.15, -0.1) is 0 Å². The number of hydrogen-bond acceptors (Lipinski definition) is 6. The summed E-state index contributed by atoms with van der Waals surface area (Å²) < 4.78 is 0. The van der Waals surface area contributed by atoms with E-state index >= 15 is 0 Å². The summed E-state index contributed by atoms with van der Waals surface area (Å²) in [5, 5.41) is 13.0. The van der Waals surface area contributed by atoms with E-state index in [0.29, 0.717) is 18.3 Å². The summed E-state index contributed by atoms with van der Waals surface area (Å²) >= 11 is 0. The lowest BCUT2D eigenvalue weighted by molar-refractivity contribution is 0.191. The molecular formula is C12H15N5O. The molecule has 6 heteroatoms. The van der Waals surface area contributed by atoms with Crippen LogP contribution in [-0.2, 0) is 0 Å². The fraction of sp³-hybridized carbons (Fsp3) is 0.167. The predicted octanol–water partition coefficient (Wildman–Crippen LogP) is 0.908. The lowest BCUT2D eigenvalue weighted by atomic mass is 10.1. The van der Waals surface area contributed by atoms with E-state index < -0.39 is 6.10 Å². The molecule has 1 heterocycles. The van der Waals surface area contributed by atoms with Crippen LogP contribution in [0.5, 0.6) is 0 Å². The van der Waals surface area contributed by atoms with Gasteiger partial charge in [0.05, 0.1) is 6.10 Å². The zero-order valence-electron chi connectivity index (χ0n) is 9.74. The number of nitrogens with one attached hydrogen (secondary N) is 2. The third-order valence-electron chi connectivity index (χ3n) is 2.45. The number of aliphatic hydroxyl groups excluding tert-OH is 1. The molecule has 1 aromatic carbocycles. The van der Waals surface area contributed by atoms with Crippen LogP contribution >= 0.6 is 0 Å². The van der Waals surface area contributed by atoms with Crippen LogP contribution < -0.4 is 16.6 Å². The van der Waals surface area contributed by atoms with Crippen LogP contribution in [0.4, 0.5) is 11.8 Å². The van der Waals surface area contributed by atoms with Gasteiger partial charge in [0.25, 0.3) is 0 Å². The van der Waals surface area contributed by atoms with E-state index in [-0.39, 0.29) is 0 Å². The molecule has 0 radical (unpaired) electrons. The first kappa shape index (κ1) is 12.3. The fourth-order valence-electron chi connectivity index (χ4n) is 1.52. The molecule has 18 heavy (non-hydrogen) atoms. The zero-order valence-corrected chi connectivity index (χ0v) is 9.74. The molecule has 0 aliphatic rings. The lowest BCUT2D eigenvalue weighted by Gasteiger charge is -2.12. The number of nitrogens with two attached hydrogens (primary N) is 1. The van der Waals surface area contributed by atoms with Crippen LogP contribution in [0.15, 0.2) is 42.6 Å². The molecule has 5 N–H and O–H groups in total. The number of hydrazine groups is 1. The fourth-order valence-corrected chi connectivity index (χ4v) is 1.52. The third-order valence-corrected chi connectivity index (χ3v) is 2.45. The van der Waals surface area contributed by atoms with Crippen molar-refractivity contribution in [3.8, 4) is 0 Å². The average molecular weight is 245 g/mol.